The number of H-pyrrole nitrogens is 1. The predicted molar refractivity (Wildman–Crippen MR) is 59.5 cm³/mol. The molecule has 0 spiro atoms. The Morgan fingerprint density at radius 1 is 1.53 bits per heavy atom. The highest BCUT2D eigenvalue weighted by Gasteiger charge is 2.07. The summed E-state index contributed by atoms with van der Waals surface area (Å²) in [6, 6.07) is 7.73. The first-order chi connectivity index (χ1) is 7.26. The maximum Gasteiger partial charge on any atom is 0.119 e. The monoisotopic (exact) mass is 198 g/mol. The van der Waals surface area contributed by atoms with Gasteiger partial charge in [-0.05, 0) is 18.2 Å². The number of aromatic nitrogens is 1. The van der Waals surface area contributed by atoms with Crippen LogP contribution in [0.25, 0.3) is 16.5 Å². The number of rotatable bonds is 2. The molecule has 0 atom stereocenters. The van der Waals surface area contributed by atoms with Crippen LogP contribution in [-0.2, 0) is 0 Å². The highest BCUT2D eigenvalue weighted by molar-refractivity contribution is 5.96. The summed E-state index contributed by atoms with van der Waals surface area (Å²) in [7, 11) is 1.62. The number of nitriles is 1. The van der Waals surface area contributed by atoms with Crippen LogP contribution in [0.3, 0.4) is 0 Å². The van der Waals surface area contributed by atoms with E-state index in [1.165, 1.54) is 0 Å². The molecule has 0 aliphatic carbocycles. The number of benzene rings is 1. The lowest BCUT2D eigenvalue weighted by Gasteiger charge is -2.00. The third kappa shape index (κ3) is 1.46. The van der Waals surface area contributed by atoms with Gasteiger partial charge < -0.3 is 9.72 Å². The third-order valence-corrected chi connectivity index (χ3v) is 2.35. The van der Waals surface area contributed by atoms with Gasteiger partial charge in [0.1, 0.15) is 5.75 Å². The zero-order chi connectivity index (χ0) is 10.8. The molecule has 0 fully saturated rings. The number of nitrogens with zero attached hydrogens (tertiary/aromatic N) is 1. The zero-order valence-corrected chi connectivity index (χ0v) is 8.37. The van der Waals surface area contributed by atoms with Crippen LogP contribution in [0, 0.1) is 11.3 Å². The van der Waals surface area contributed by atoms with Gasteiger partial charge in [-0.2, -0.15) is 5.26 Å². The van der Waals surface area contributed by atoms with E-state index in [0.29, 0.717) is 5.57 Å². The second kappa shape index (κ2) is 3.50. The molecule has 1 aromatic carbocycles. The van der Waals surface area contributed by atoms with E-state index >= 15 is 0 Å². The zero-order valence-electron chi connectivity index (χ0n) is 8.37. The summed E-state index contributed by atoms with van der Waals surface area (Å²) in [5, 5.41) is 9.76. The SMILES string of the molecule is C=C(C#N)c1c[nH]c2ccc(OC)cc12. The molecular weight excluding hydrogens is 188 g/mol. The van der Waals surface area contributed by atoms with Gasteiger partial charge >= 0.3 is 0 Å². The molecular formula is C12H10N2O. The standard InChI is InChI=1S/C12H10N2O/c1-8(6-13)11-7-14-12-4-3-9(15-2)5-10(11)12/h3-5,7,14H,1H2,2H3. The Morgan fingerprint density at radius 3 is 3.00 bits per heavy atom. The predicted octanol–water partition coefficient (Wildman–Crippen LogP) is 2.71. The summed E-state index contributed by atoms with van der Waals surface area (Å²) < 4.78 is 5.13. The van der Waals surface area contributed by atoms with Gasteiger partial charge in [-0.25, -0.2) is 0 Å². The van der Waals surface area contributed by atoms with Crippen LogP contribution >= 0.6 is 0 Å². The van der Waals surface area contributed by atoms with Crippen LogP contribution in [0.2, 0.25) is 0 Å². The molecule has 0 aliphatic heterocycles. The van der Waals surface area contributed by atoms with Gasteiger partial charge in [0.05, 0.1) is 18.8 Å². The van der Waals surface area contributed by atoms with Crippen molar-refractivity contribution >= 4 is 16.5 Å². The van der Waals surface area contributed by atoms with Gasteiger partial charge in [-0.3, -0.25) is 0 Å². The molecule has 0 unspecified atom stereocenters. The molecule has 2 aromatic rings. The molecule has 1 N–H and O–H groups in total. The number of ether oxygens (including phenoxy) is 1. The Balaban J connectivity index is 2.67. The highest BCUT2D eigenvalue weighted by Crippen LogP contribution is 2.27. The van der Waals surface area contributed by atoms with Crippen LogP contribution in [0.15, 0.2) is 31.0 Å². The minimum absolute atomic E-state index is 0.453. The summed E-state index contributed by atoms with van der Waals surface area (Å²) in [6.07, 6.45) is 1.79. The average molecular weight is 198 g/mol. The number of aromatic amines is 1. The van der Waals surface area contributed by atoms with Gasteiger partial charge in [0.2, 0.25) is 0 Å². The number of hydrogen-bond acceptors (Lipinski definition) is 2. The summed E-state index contributed by atoms with van der Waals surface area (Å²) in [5.74, 6) is 0.772. The van der Waals surface area contributed by atoms with Crippen LogP contribution in [0.1, 0.15) is 5.56 Å². The Labute approximate surface area is 87.6 Å². The van der Waals surface area contributed by atoms with Crippen LogP contribution < -0.4 is 4.74 Å². The van der Waals surface area contributed by atoms with Crippen molar-refractivity contribution in [1.82, 2.24) is 4.98 Å². The van der Waals surface area contributed by atoms with Crippen LogP contribution in [0.5, 0.6) is 5.75 Å². The van der Waals surface area contributed by atoms with Gasteiger partial charge in [-0.15, -0.1) is 0 Å². The smallest absolute Gasteiger partial charge is 0.119 e. The van der Waals surface area contributed by atoms with E-state index in [2.05, 4.69) is 11.6 Å². The first-order valence-electron chi connectivity index (χ1n) is 4.50. The Hall–Kier alpha value is -2.21. The molecule has 3 heteroatoms. The molecule has 1 heterocycles. The van der Waals surface area contributed by atoms with E-state index < -0.39 is 0 Å². The molecule has 0 radical (unpaired) electrons. The third-order valence-electron chi connectivity index (χ3n) is 2.35. The van der Waals surface area contributed by atoms with E-state index in [4.69, 9.17) is 10.00 Å². The number of allylic oxidation sites excluding steroid dienone is 1. The fraction of sp³-hybridized carbons (Fsp3) is 0.0833. The molecule has 0 saturated carbocycles. The van der Waals surface area contributed by atoms with Crippen molar-refractivity contribution in [1.29, 1.82) is 5.26 Å². The second-order valence-electron chi connectivity index (χ2n) is 3.20. The molecule has 74 valence electrons. The summed E-state index contributed by atoms with van der Waals surface area (Å²) in [4.78, 5) is 3.09. The molecule has 1 aromatic heterocycles. The fourth-order valence-corrected chi connectivity index (χ4v) is 1.54. The van der Waals surface area contributed by atoms with E-state index in [1.54, 1.807) is 13.3 Å². The Kier molecular flexibility index (Phi) is 2.18. The van der Waals surface area contributed by atoms with Crippen molar-refractivity contribution in [3.63, 3.8) is 0 Å². The van der Waals surface area contributed by atoms with Crippen molar-refractivity contribution in [2.45, 2.75) is 0 Å². The molecule has 0 aliphatic rings. The summed E-state index contributed by atoms with van der Waals surface area (Å²) in [6.45, 7) is 3.70. The first-order valence-corrected chi connectivity index (χ1v) is 4.50. The highest BCUT2D eigenvalue weighted by atomic mass is 16.5. The lowest BCUT2D eigenvalue weighted by atomic mass is 10.1. The van der Waals surface area contributed by atoms with Crippen molar-refractivity contribution < 1.29 is 4.74 Å². The van der Waals surface area contributed by atoms with Crippen molar-refractivity contribution in [3.8, 4) is 11.8 Å². The van der Waals surface area contributed by atoms with E-state index in [0.717, 1.165) is 22.2 Å². The van der Waals surface area contributed by atoms with Gasteiger partial charge in [-0.1, -0.05) is 6.58 Å². The normalized spacial score (nSPS) is 9.87. The fourth-order valence-electron chi connectivity index (χ4n) is 1.54. The average Bonchev–Trinajstić information content (AvgIpc) is 2.70. The molecule has 0 bridgehead atoms. The van der Waals surface area contributed by atoms with Crippen molar-refractivity contribution in [2.24, 2.45) is 0 Å². The van der Waals surface area contributed by atoms with Crippen LogP contribution in [-0.4, -0.2) is 12.1 Å². The van der Waals surface area contributed by atoms with E-state index in [9.17, 15) is 0 Å². The largest absolute Gasteiger partial charge is 0.497 e. The minimum atomic E-state index is 0.453. The first kappa shape index (κ1) is 9.35. The number of fused-ring (bicyclic) bond motifs is 1. The Morgan fingerprint density at radius 2 is 2.33 bits per heavy atom. The number of nitrogens with one attached hydrogen (secondary N) is 1. The van der Waals surface area contributed by atoms with Gasteiger partial charge in [0.15, 0.2) is 0 Å². The summed E-state index contributed by atoms with van der Waals surface area (Å²) in [5.41, 5.74) is 2.25. The van der Waals surface area contributed by atoms with Crippen molar-refractivity contribution in [3.05, 3.63) is 36.5 Å². The van der Waals surface area contributed by atoms with Crippen LogP contribution in [0.4, 0.5) is 0 Å². The molecule has 3 nitrogen and oxygen atoms in total. The summed E-state index contributed by atoms with van der Waals surface area (Å²) >= 11 is 0. The number of hydrogen-bond donors (Lipinski definition) is 1. The molecule has 2 rings (SSSR count). The minimum Gasteiger partial charge on any atom is -0.497 e. The quantitative estimate of drug-likeness (QED) is 0.754. The van der Waals surface area contributed by atoms with Gasteiger partial charge in [0.25, 0.3) is 0 Å². The van der Waals surface area contributed by atoms with E-state index in [1.807, 2.05) is 24.3 Å². The van der Waals surface area contributed by atoms with E-state index in [-0.39, 0.29) is 0 Å². The van der Waals surface area contributed by atoms with Gasteiger partial charge in [0, 0.05) is 22.7 Å². The lowest BCUT2D eigenvalue weighted by molar-refractivity contribution is 0.415. The maximum atomic E-state index is 8.80. The van der Waals surface area contributed by atoms with Crippen molar-refractivity contribution in [2.75, 3.05) is 7.11 Å². The Bertz CT molecular complexity index is 560. The maximum absolute atomic E-state index is 8.80. The molecule has 0 saturated heterocycles. The second-order valence-corrected chi connectivity index (χ2v) is 3.20. The molecule has 0 amide bonds. The number of methoxy groups -OCH3 is 1. The topological polar surface area (TPSA) is 48.8 Å². The molecule has 15 heavy (non-hydrogen) atoms. The lowest BCUT2D eigenvalue weighted by Crippen LogP contribution is -1.82.